The van der Waals surface area contributed by atoms with Crippen LogP contribution in [0.1, 0.15) is 42.0 Å². The van der Waals surface area contributed by atoms with Crippen LogP contribution in [0.15, 0.2) is 72.8 Å². The van der Waals surface area contributed by atoms with Crippen molar-refractivity contribution >= 4 is 0 Å². The third kappa shape index (κ3) is 5.06. The van der Waals surface area contributed by atoms with Gasteiger partial charge in [-0.2, -0.15) is 0 Å². The Balaban J connectivity index is 1.57. The fraction of sp³-hybridized carbons (Fsp3) is 0.280. The van der Waals surface area contributed by atoms with Gasteiger partial charge in [-0.3, -0.25) is 0 Å². The highest BCUT2D eigenvalue weighted by molar-refractivity contribution is 5.63. The first-order valence-electron chi connectivity index (χ1n) is 9.48. The first-order valence-corrected chi connectivity index (χ1v) is 9.48. The van der Waals surface area contributed by atoms with E-state index in [1.165, 1.54) is 52.6 Å². The lowest BCUT2D eigenvalue weighted by molar-refractivity contribution is 0.794. The molecule has 0 amide bonds. The van der Waals surface area contributed by atoms with Crippen molar-refractivity contribution in [2.45, 2.75) is 46.0 Å². The second-order valence-corrected chi connectivity index (χ2v) is 6.98. The minimum Gasteiger partial charge on any atom is -0.0654 e. The lowest BCUT2D eigenvalue weighted by Gasteiger charge is -2.07. The first kappa shape index (κ1) is 17.5. The van der Waals surface area contributed by atoms with E-state index in [0.717, 1.165) is 12.8 Å². The summed E-state index contributed by atoms with van der Waals surface area (Å²) in [5.74, 6) is 0. The number of rotatable bonds is 7. The number of aryl methyl sites for hydroxylation is 4. The lowest BCUT2D eigenvalue weighted by atomic mass is 9.99. The minimum absolute atomic E-state index is 1.10. The van der Waals surface area contributed by atoms with Crippen LogP contribution in [0.2, 0.25) is 0 Å². The molecule has 0 radical (unpaired) electrons. The van der Waals surface area contributed by atoms with E-state index in [2.05, 4.69) is 86.6 Å². The van der Waals surface area contributed by atoms with E-state index in [1.807, 2.05) is 0 Å². The van der Waals surface area contributed by atoms with Crippen molar-refractivity contribution in [3.05, 3.63) is 95.1 Å². The van der Waals surface area contributed by atoms with E-state index in [9.17, 15) is 0 Å². The predicted octanol–water partition coefficient (Wildman–Crippen LogP) is 6.79. The van der Waals surface area contributed by atoms with Gasteiger partial charge in [0.2, 0.25) is 0 Å². The average molecular weight is 328 g/mol. The summed E-state index contributed by atoms with van der Waals surface area (Å²) in [5, 5.41) is 0. The van der Waals surface area contributed by atoms with Crippen molar-refractivity contribution in [1.82, 2.24) is 0 Å². The molecule has 0 fully saturated rings. The quantitative estimate of drug-likeness (QED) is 0.448. The molecular weight excluding hydrogens is 300 g/mol. The maximum atomic E-state index is 2.30. The van der Waals surface area contributed by atoms with Crippen molar-refractivity contribution < 1.29 is 0 Å². The SMILES string of the molecule is CCCCc1ccc(CCc2ccc(-c3ccc(C)cc3)cc2)cc1. The molecule has 0 nitrogen and oxygen atoms in total. The van der Waals surface area contributed by atoms with Crippen molar-refractivity contribution in [3.8, 4) is 11.1 Å². The van der Waals surface area contributed by atoms with Crippen molar-refractivity contribution in [1.29, 1.82) is 0 Å². The highest BCUT2D eigenvalue weighted by Crippen LogP contribution is 2.21. The summed E-state index contributed by atoms with van der Waals surface area (Å²) in [4.78, 5) is 0. The molecule has 0 aromatic heterocycles. The van der Waals surface area contributed by atoms with Crippen LogP contribution in [0.4, 0.5) is 0 Å². The Kier molecular flexibility index (Phi) is 6.06. The molecule has 3 rings (SSSR count). The normalized spacial score (nSPS) is 10.8. The molecule has 0 spiro atoms. The summed E-state index contributed by atoms with van der Waals surface area (Å²) in [6, 6.07) is 27.0. The molecule has 25 heavy (non-hydrogen) atoms. The van der Waals surface area contributed by atoms with Gasteiger partial charge in [0.15, 0.2) is 0 Å². The van der Waals surface area contributed by atoms with Crippen molar-refractivity contribution in [3.63, 3.8) is 0 Å². The van der Waals surface area contributed by atoms with Crippen LogP contribution in [-0.2, 0) is 19.3 Å². The molecule has 3 aromatic carbocycles. The summed E-state index contributed by atoms with van der Waals surface area (Å²) in [5.41, 5.74) is 8.20. The van der Waals surface area contributed by atoms with E-state index in [0.29, 0.717) is 0 Å². The third-order valence-electron chi connectivity index (χ3n) is 4.88. The van der Waals surface area contributed by atoms with Gasteiger partial charge in [0.1, 0.15) is 0 Å². The predicted molar refractivity (Wildman–Crippen MR) is 109 cm³/mol. The Morgan fingerprint density at radius 3 is 1.40 bits per heavy atom. The van der Waals surface area contributed by atoms with Crippen LogP contribution >= 0.6 is 0 Å². The highest BCUT2D eigenvalue weighted by atomic mass is 14.1. The smallest absolute Gasteiger partial charge is 0.0184 e. The fourth-order valence-electron chi connectivity index (χ4n) is 3.15. The second-order valence-electron chi connectivity index (χ2n) is 6.98. The number of hydrogen-bond acceptors (Lipinski definition) is 0. The Morgan fingerprint density at radius 2 is 0.920 bits per heavy atom. The van der Waals surface area contributed by atoms with Gasteiger partial charge in [-0.25, -0.2) is 0 Å². The van der Waals surface area contributed by atoms with Crippen LogP contribution in [0.25, 0.3) is 11.1 Å². The molecule has 128 valence electrons. The maximum Gasteiger partial charge on any atom is -0.0184 e. The Morgan fingerprint density at radius 1 is 0.520 bits per heavy atom. The molecule has 0 heteroatoms. The molecule has 0 heterocycles. The molecular formula is C25H28. The van der Waals surface area contributed by atoms with Gasteiger partial charge in [0.05, 0.1) is 0 Å². The van der Waals surface area contributed by atoms with E-state index >= 15 is 0 Å². The maximum absolute atomic E-state index is 2.30. The van der Waals surface area contributed by atoms with Crippen LogP contribution in [0, 0.1) is 6.92 Å². The molecule has 0 unspecified atom stereocenters. The summed E-state index contributed by atoms with van der Waals surface area (Å²) < 4.78 is 0. The number of unbranched alkanes of at least 4 members (excludes halogenated alkanes) is 1. The van der Waals surface area contributed by atoms with E-state index < -0.39 is 0 Å². The molecule has 0 aliphatic rings. The van der Waals surface area contributed by atoms with Crippen LogP contribution in [0.5, 0.6) is 0 Å². The molecule has 0 saturated heterocycles. The van der Waals surface area contributed by atoms with E-state index in [-0.39, 0.29) is 0 Å². The average Bonchev–Trinajstić information content (AvgIpc) is 2.67. The fourth-order valence-corrected chi connectivity index (χ4v) is 3.15. The highest BCUT2D eigenvalue weighted by Gasteiger charge is 2.00. The van der Waals surface area contributed by atoms with Crippen molar-refractivity contribution in [2.24, 2.45) is 0 Å². The monoisotopic (exact) mass is 328 g/mol. The summed E-state index contributed by atoms with van der Waals surface area (Å²) >= 11 is 0. The van der Waals surface area contributed by atoms with Crippen LogP contribution in [-0.4, -0.2) is 0 Å². The molecule has 0 N–H and O–H groups in total. The van der Waals surface area contributed by atoms with Gasteiger partial charge in [0, 0.05) is 0 Å². The lowest BCUT2D eigenvalue weighted by Crippen LogP contribution is -1.92. The molecule has 3 aromatic rings. The Labute approximate surface area is 152 Å². The van der Waals surface area contributed by atoms with Gasteiger partial charge >= 0.3 is 0 Å². The van der Waals surface area contributed by atoms with Crippen molar-refractivity contribution in [2.75, 3.05) is 0 Å². The minimum atomic E-state index is 1.10. The van der Waals surface area contributed by atoms with Gasteiger partial charge in [-0.05, 0) is 60.4 Å². The molecule has 0 atom stereocenters. The van der Waals surface area contributed by atoms with Crippen LogP contribution in [0.3, 0.4) is 0 Å². The number of benzene rings is 3. The Bertz CT molecular complexity index is 762. The summed E-state index contributed by atoms with van der Waals surface area (Å²) in [6.45, 7) is 4.38. The molecule has 0 bridgehead atoms. The largest absolute Gasteiger partial charge is 0.0654 e. The van der Waals surface area contributed by atoms with Gasteiger partial charge in [-0.1, -0.05) is 91.7 Å². The molecule has 0 aliphatic heterocycles. The van der Waals surface area contributed by atoms with Gasteiger partial charge in [-0.15, -0.1) is 0 Å². The third-order valence-corrected chi connectivity index (χ3v) is 4.88. The second kappa shape index (κ2) is 8.67. The van der Waals surface area contributed by atoms with Gasteiger partial charge in [0.25, 0.3) is 0 Å². The molecule has 0 saturated carbocycles. The van der Waals surface area contributed by atoms with E-state index in [4.69, 9.17) is 0 Å². The van der Waals surface area contributed by atoms with Crippen LogP contribution < -0.4 is 0 Å². The van der Waals surface area contributed by atoms with Gasteiger partial charge < -0.3 is 0 Å². The zero-order valence-corrected chi connectivity index (χ0v) is 15.5. The standard InChI is InChI=1S/C25H28/c1-3-4-5-21-8-10-22(11-9-21)12-13-23-14-18-25(19-15-23)24-16-6-20(2)7-17-24/h6-11,14-19H,3-5,12-13H2,1-2H3. The van der Waals surface area contributed by atoms with E-state index in [1.54, 1.807) is 0 Å². The Hall–Kier alpha value is -2.34. The zero-order valence-electron chi connectivity index (χ0n) is 15.5. The number of hydrogen-bond donors (Lipinski definition) is 0. The summed E-state index contributed by atoms with van der Waals surface area (Å²) in [6.07, 6.45) is 5.96. The summed E-state index contributed by atoms with van der Waals surface area (Å²) in [7, 11) is 0. The first-order chi connectivity index (χ1) is 12.2. The zero-order chi connectivity index (χ0) is 17.5. The topological polar surface area (TPSA) is 0 Å². The molecule has 0 aliphatic carbocycles.